The van der Waals surface area contributed by atoms with Crippen LogP contribution >= 0.6 is 0 Å². The number of piperazine rings is 1. The zero-order valence-corrected chi connectivity index (χ0v) is 22.0. The van der Waals surface area contributed by atoms with Crippen LogP contribution in [-0.4, -0.2) is 63.1 Å². The first-order valence-corrected chi connectivity index (χ1v) is 13.9. The number of hydrogen-bond donors (Lipinski definition) is 0. The molecule has 1 aliphatic carbocycles. The van der Waals surface area contributed by atoms with Crippen LogP contribution in [-0.2, 0) is 16.2 Å². The summed E-state index contributed by atoms with van der Waals surface area (Å²) in [6, 6.07) is 7.52. The van der Waals surface area contributed by atoms with E-state index in [-0.39, 0.29) is 23.9 Å². The molecule has 12 heteroatoms. The number of sulfonamides is 1. The lowest BCUT2D eigenvalue weighted by atomic mass is 10.1. The van der Waals surface area contributed by atoms with Crippen LogP contribution in [0.4, 0.5) is 19.0 Å². The zero-order chi connectivity index (χ0) is 27.1. The lowest BCUT2D eigenvalue weighted by molar-refractivity contribution is -0.137. The molecule has 5 rings (SSSR count). The molecule has 0 amide bonds. The summed E-state index contributed by atoms with van der Waals surface area (Å²) in [7, 11) is -0.983. The van der Waals surface area contributed by atoms with Gasteiger partial charge >= 0.3 is 6.18 Å². The average molecular weight is 551 g/mol. The lowest BCUT2D eigenvalue weighted by Gasteiger charge is -2.35. The Hall–Kier alpha value is -3.12. The van der Waals surface area contributed by atoms with Gasteiger partial charge in [-0.2, -0.15) is 17.5 Å². The Morgan fingerprint density at radius 1 is 0.921 bits per heavy atom. The second-order valence-corrected chi connectivity index (χ2v) is 11.5. The largest absolute Gasteiger partial charge is 0.493 e. The van der Waals surface area contributed by atoms with Gasteiger partial charge < -0.3 is 14.4 Å². The van der Waals surface area contributed by atoms with Crippen LogP contribution in [0.25, 0.3) is 10.9 Å². The lowest BCUT2D eigenvalue weighted by Crippen LogP contribution is -2.49. The van der Waals surface area contributed by atoms with E-state index in [1.165, 1.54) is 10.4 Å². The molecule has 8 nitrogen and oxygen atoms in total. The SMILES string of the molecule is COc1cc2nc(C3CCCC3)nc(N3CCN(S(=O)(=O)c4cccc(C(F)(F)F)c4)CC3)c2cc1OC. The minimum Gasteiger partial charge on any atom is -0.493 e. The molecular weight excluding hydrogens is 521 g/mol. The molecule has 0 N–H and O–H groups in total. The van der Waals surface area contributed by atoms with E-state index in [2.05, 4.69) is 0 Å². The predicted molar refractivity (Wildman–Crippen MR) is 136 cm³/mol. The van der Waals surface area contributed by atoms with Gasteiger partial charge in [0.25, 0.3) is 0 Å². The van der Waals surface area contributed by atoms with Gasteiger partial charge in [-0.05, 0) is 37.1 Å². The fourth-order valence-corrected chi connectivity index (χ4v) is 6.66. The highest BCUT2D eigenvalue weighted by Gasteiger charge is 2.34. The Bertz CT molecular complexity index is 1430. The van der Waals surface area contributed by atoms with Crippen molar-refractivity contribution in [3.05, 3.63) is 47.8 Å². The van der Waals surface area contributed by atoms with E-state index in [4.69, 9.17) is 19.4 Å². The first kappa shape index (κ1) is 26.5. The van der Waals surface area contributed by atoms with Gasteiger partial charge in [0.1, 0.15) is 11.6 Å². The van der Waals surface area contributed by atoms with Gasteiger partial charge in [0.15, 0.2) is 11.5 Å². The summed E-state index contributed by atoms with van der Waals surface area (Å²) in [6.07, 6.45) is -0.347. The first-order valence-electron chi connectivity index (χ1n) is 12.5. The first-order chi connectivity index (χ1) is 18.1. The number of nitrogens with zero attached hydrogens (tertiary/aromatic N) is 4. The minimum absolute atomic E-state index is 0.107. The number of fused-ring (bicyclic) bond motifs is 1. The van der Waals surface area contributed by atoms with Crippen molar-refractivity contribution in [2.75, 3.05) is 45.3 Å². The molecule has 2 heterocycles. The highest BCUT2D eigenvalue weighted by Crippen LogP contribution is 2.39. The molecule has 1 saturated carbocycles. The number of ether oxygens (including phenoxy) is 2. The Morgan fingerprint density at radius 2 is 1.58 bits per heavy atom. The molecule has 1 aromatic heterocycles. The second-order valence-electron chi connectivity index (χ2n) is 9.53. The van der Waals surface area contributed by atoms with Crippen LogP contribution in [0.3, 0.4) is 0 Å². The Balaban J connectivity index is 1.45. The fraction of sp³-hybridized carbons (Fsp3) is 0.462. The Labute approximate surface area is 219 Å². The predicted octanol–water partition coefficient (Wildman–Crippen LogP) is 4.83. The van der Waals surface area contributed by atoms with E-state index < -0.39 is 21.8 Å². The van der Waals surface area contributed by atoms with Crippen LogP contribution in [0, 0.1) is 0 Å². The maximum Gasteiger partial charge on any atom is 0.416 e. The van der Waals surface area contributed by atoms with Gasteiger partial charge in [0, 0.05) is 43.5 Å². The topological polar surface area (TPSA) is 84.9 Å². The normalized spacial score (nSPS) is 17.8. The Kier molecular flexibility index (Phi) is 7.12. The van der Waals surface area contributed by atoms with Gasteiger partial charge in [-0.15, -0.1) is 0 Å². The third-order valence-corrected chi connectivity index (χ3v) is 9.15. The molecule has 0 unspecified atom stereocenters. The highest BCUT2D eigenvalue weighted by molar-refractivity contribution is 7.89. The van der Waals surface area contributed by atoms with Crippen LogP contribution in [0.2, 0.25) is 0 Å². The van der Waals surface area contributed by atoms with Crippen molar-refractivity contribution in [1.82, 2.24) is 14.3 Å². The number of alkyl halides is 3. The summed E-state index contributed by atoms with van der Waals surface area (Å²) in [4.78, 5) is 11.4. The molecule has 204 valence electrons. The molecule has 0 bridgehead atoms. The van der Waals surface area contributed by atoms with E-state index >= 15 is 0 Å². The van der Waals surface area contributed by atoms with Crippen molar-refractivity contribution in [2.24, 2.45) is 0 Å². The summed E-state index contributed by atoms with van der Waals surface area (Å²) in [5, 5.41) is 0.763. The van der Waals surface area contributed by atoms with Crippen molar-refractivity contribution in [3.8, 4) is 11.5 Å². The fourth-order valence-electron chi connectivity index (χ4n) is 5.19. The quantitative estimate of drug-likeness (QED) is 0.435. The van der Waals surface area contributed by atoms with E-state index in [1.54, 1.807) is 14.2 Å². The molecule has 2 aliphatic rings. The molecule has 1 aliphatic heterocycles. The van der Waals surface area contributed by atoms with E-state index in [0.29, 0.717) is 42.0 Å². The maximum absolute atomic E-state index is 13.2. The molecule has 0 spiro atoms. The van der Waals surface area contributed by atoms with Crippen molar-refractivity contribution in [2.45, 2.75) is 42.7 Å². The van der Waals surface area contributed by atoms with Crippen LogP contribution in [0.15, 0.2) is 41.3 Å². The third-order valence-electron chi connectivity index (χ3n) is 7.26. The van der Waals surface area contributed by atoms with Gasteiger partial charge in [0.2, 0.25) is 10.0 Å². The number of hydrogen-bond acceptors (Lipinski definition) is 7. The van der Waals surface area contributed by atoms with Crippen molar-refractivity contribution in [3.63, 3.8) is 0 Å². The van der Waals surface area contributed by atoms with Gasteiger partial charge in [0.05, 0.1) is 30.2 Å². The molecule has 0 radical (unpaired) electrons. The van der Waals surface area contributed by atoms with Gasteiger partial charge in [-0.25, -0.2) is 18.4 Å². The molecule has 2 aromatic carbocycles. The van der Waals surface area contributed by atoms with Crippen LogP contribution in [0.1, 0.15) is 43.0 Å². The number of anilines is 1. The monoisotopic (exact) mass is 550 g/mol. The number of methoxy groups -OCH3 is 2. The third kappa shape index (κ3) is 4.98. The van der Waals surface area contributed by atoms with Crippen LogP contribution in [0.5, 0.6) is 11.5 Å². The molecule has 0 atom stereocenters. The van der Waals surface area contributed by atoms with E-state index in [9.17, 15) is 21.6 Å². The molecular formula is C26H29F3N4O4S. The summed E-state index contributed by atoms with van der Waals surface area (Å²) in [6.45, 7) is 0.859. The second kappa shape index (κ2) is 10.2. The van der Waals surface area contributed by atoms with E-state index in [0.717, 1.165) is 49.0 Å². The summed E-state index contributed by atoms with van der Waals surface area (Å²) < 4.78 is 78.1. The van der Waals surface area contributed by atoms with Crippen molar-refractivity contribution in [1.29, 1.82) is 0 Å². The number of halogens is 3. The minimum atomic E-state index is -4.63. The summed E-state index contributed by atoms with van der Waals surface area (Å²) in [5.41, 5.74) is -0.276. The summed E-state index contributed by atoms with van der Waals surface area (Å²) in [5.74, 6) is 2.79. The maximum atomic E-state index is 13.2. The molecule has 38 heavy (non-hydrogen) atoms. The van der Waals surface area contributed by atoms with Crippen molar-refractivity contribution >= 4 is 26.7 Å². The average Bonchev–Trinajstić information content (AvgIpc) is 3.46. The van der Waals surface area contributed by atoms with Crippen LogP contribution < -0.4 is 14.4 Å². The summed E-state index contributed by atoms with van der Waals surface area (Å²) >= 11 is 0. The highest BCUT2D eigenvalue weighted by atomic mass is 32.2. The van der Waals surface area contributed by atoms with Crippen molar-refractivity contribution < 1.29 is 31.1 Å². The number of aromatic nitrogens is 2. The smallest absolute Gasteiger partial charge is 0.416 e. The standard InChI is InChI=1S/C26H29F3N4O4S/c1-36-22-15-20-21(16-23(22)37-2)30-24(17-6-3-4-7-17)31-25(20)32-10-12-33(13-11-32)38(34,35)19-9-5-8-18(14-19)26(27,28)29/h5,8-9,14-17H,3-4,6-7,10-13H2,1-2H3. The molecule has 1 saturated heterocycles. The number of rotatable bonds is 6. The van der Waals surface area contributed by atoms with Gasteiger partial charge in [-0.3, -0.25) is 0 Å². The zero-order valence-electron chi connectivity index (χ0n) is 21.2. The Morgan fingerprint density at radius 3 is 2.21 bits per heavy atom. The molecule has 3 aromatic rings. The number of benzene rings is 2. The molecule has 2 fully saturated rings. The van der Waals surface area contributed by atoms with Gasteiger partial charge in [-0.1, -0.05) is 18.9 Å². The van der Waals surface area contributed by atoms with E-state index in [1.807, 2.05) is 17.0 Å².